The van der Waals surface area contributed by atoms with Crippen LogP contribution in [0, 0.1) is 20.8 Å². The van der Waals surface area contributed by atoms with Gasteiger partial charge < -0.3 is 0 Å². The van der Waals surface area contributed by atoms with E-state index in [1.54, 1.807) is 4.68 Å². The Balaban J connectivity index is 2.34. The van der Waals surface area contributed by atoms with Gasteiger partial charge in [0.1, 0.15) is 6.33 Å². The Bertz CT molecular complexity index is 551. The summed E-state index contributed by atoms with van der Waals surface area (Å²) in [6.45, 7) is 6.85. The van der Waals surface area contributed by atoms with E-state index in [-0.39, 0.29) is 0 Å². The highest BCUT2D eigenvalue weighted by Crippen LogP contribution is 2.18. The van der Waals surface area contributed by atoms with Crippen molar-refractivity contribution in [2.45, 2.75) is 27.3 Å². The van der Waals surface area contributed by atoms with Crippen molar-refractivity contribution in [1.29, 1.82) is 0 Å². The van der Waals surface area contributed by atoms with E-state index < -0.39 is 0 Å². The van der Waals surface area contributed by atoms with Crippen LogP contribution in [0.15, 0.2) is 18.5 Å². The van der Waals surface area contributed by atoms with Gasteiger partial charge in [-0.25, -0.2) is 4.68 Å². The van der Waals surface area contributed by atoms with Gasteiger partial charge in [-0.05, 0) is 37.5 Å². The van der Waals surface area contributed by atoms with Gasteiger partial charge in [0.2, 0.25) is 12.4 Å². The summed E-state index contributed by atoms with van der Waals surface area (Å²) < 4.78 is 1.68. The molecule has 1 N–H and O–H groups in total. The molecule has 5 heteroatoms. The minimum Gasteiger partial charge on any atom is -0.297 e. The lowest BCUT2D eigenvalue weighted by Gasteiger charge is -2.12. The fourth-order valence-electron chi connectivity index (χ4n) is 2.15. The van der Waals surface area contributed by atoms with Crippen LogP contribution in [0.25, 0.3) is 0 Å². The third kappa shape index (κ3) is 2.40. The van der Waals surface area contributed by atoms with Crippen LogP contribution in [0.2, 0.25) is 0 Å². The van der Waals surface area contributed by atoms with E-state index in [1.807, 2.05) is 0 Å². The van der Waals surface area contributed by atoms with Crippen LogP contribution in [0.1, 0.15) is 22.3 Å². The molecule has 94 valence electrons. The molecule has 5 nitrogen and oxygen atoms in total. The van der Waals surface area contributed by atoms with Gasteiger partial charge in [0.25, 0.3) is 0 Å². The lowest BCUT2D eigenvalue weighted by molar-refractivity contribution is -0.105. The van der Waals surface area contributed by atoms with Crippen molar-refractivity contribution in [1.82, 2.24) is 14.8 Å². The van der Waals surface area contributed by atoms with Gasteiger partial charge in [0.05, 0.1) is 6.54 Å². The molecule has 0 saturated carbocycles. The van der Waals surface area contributed by atoms with E-state index in [9.17, 15) is 4.79 Å². The van der Waals surface area contributed by atoms with Crippen LogP contribution in [0.5, 0.6) is 0 Å². The smallest absolute Gasteiger partial charge is 0.227 e. The number of rotatable bonds is 4. The van der Waals surface area contributed by atoms with Gasteiger partial charge in [-0.15, -0.1) is 0 Å². The van der Waals surface area contributed by atoms with Gasteiger partial charge >= 0.3 is 0 Å². The zero-order chi connectivity index (χ0) is 13.1. The Labute approximate surface area is 106 Å². The summed E-state index contributed by atoms with van der Waals surface area (Å²) >= 11 is 0. The molecule has 0 saturated heterocycles. The SMILES string of the molecule is Cc1cc(C)c(Cn2ncnc2NC=O)c(C)c1. The lowest BCUT2D eigenvalue weighted by Crippen LogP contribution is -2.10. The fourth-order valence-corrected chi connectivity index (χ4v) is 2.15. The highest BCUT2D eigenvalue weighted by molar-refractivity contribution is 5.66. The van der Waals surface area contributed by atoms with Crippen LogP contribution in [-0.2, 0) is 11.3 Å². The zero-order valence-electron chi connectivity index (χ0n) is 10.8. The second kappa shape index (κ2) is 5.00. The van der Waals surface area contributed by atoms with Gasteiger partial charge in [-0.1, -0.05) is 17.7 Å². The number of nitrogens with zero attached hydrogens (tertiary/aromatic N) is 3. The van der Waals surface area contributed by atoms with Crippen molar-refractivity contribution in [2.75, 3.05) is 5.32 Å². The molecule has 0 aliphatic rings. The van der Waals surface area contributed by atoms with Gasteiger partial charge in [-0.2, -0.15) is 10.1 Å². The molecule has 1 amide bonds. The highest BCUT2D eigenvalue weighted by Gasteiger charge is 2.08. The maximum absolute atomic E-state index is 10.5. The molecule has 0 spiro atoms. The lowest BCUT2D eigenvalue weighted by atomic mass is 10.00. The van der Waals surface area contributed by atoms with E-state index in [0.717, 1.165) is 0 Å². The van der Waals surface area contributed by atoms with E-state index in [4.69, 9.17) is 0 Å². The van der Waals surface area contributed by atoms with E-state index in [0.29, 0.717) is 18.9 Å². The third-order valence-electron chi connectivity index (χ3n) is 2.95. The number of carbonyl (C=O) groups is 1. The number of aromatic nitrogens is 3. The summed E-state index contributed by atoms with van der Waals surface area (Å²) in [6.07, 6.45) is 2.04. The number of hydrogen-bond donors (Lipinski definition) is 1. The van der Waals surface area contributed by atoms with E-state index >= 15 is 0 Å². The first-order valence-electron chi connectivity index (χ1n) is 5.76. The Morgan fingerprint density at radius 1 is 1.28 bits per heavy atom. The standard InChI is InChI=1S/C13H16N4O/c1-9-4-10(2)12(11(3)5-9)6-17-13(15-8-18)14-7-16-17/h4-5,7-8H,6H2,1-3H3,(H,14,15,16,18). The van der Waals surface area contributed by atoms with Crippen LogP contribution in [0.3, 0.4) is 0 Å². The summed E-state index contributed by atoms with van der Waals surface area (Å²) in [5.41, 5.74) is 4.90. The molecule has 1 aromatic carbocycles. The van der Waals surface area contributed by atoms with Crippen molar-refractivity contribution < 1.29 is 4.79 Å². The number of aryl methyl sites for hydroxylation is 3. The molecule has 0 aliphatic carbocycles. The molecule has 2 aromatic rings. The third-order valence-corrected chi connectivity index (χ3v) is 2.95. The highest BCUT2D eigenvalue weighted by atomic mass is 16.1. The number of carbonyl (C=O) groups excluding carboxylic acids is 1. The molecule has 18 heavy (non-hydrogen) atoms. The van der Waals surface area contributed by atoms with Gasteiger partial charge in [0, 0.05) is 0 Å². The van der Waals surface area contributed by atoms with Crippen molar-refractivity contribution in [3.05, 3.63) is 40.7 Å². The summed E-state index contributed by atoms with van der Waals surface area (Å²) in [4.78, 5) is 14.5. The van der Waals surface area contributed by atoms with E-state index in [2.05, 4.69) is 48.3 Å². The average Bonchev–Trinajstić information content (AvgIpc) is 2.71. The fraction of sp³-hybridized carbons (Fsp3) is 0.308. The molecule has 0 bridgehead atoms. The predicted molar refractivity (Wildman–Crippen MR) is 69.5 cm³/mol. The molecule has 0 radical (unpaired) electrons. The summed E-state index contributed by atoms with van der Waals surface area (Å²) in [6, 6.07) is 4.29. The first-order valence-corrected chi connectivity index (χ1v) is 5.76. The Morgan fingerprint density at radius 2 is 1.94 bits per heavy atom. The van der Waals surface area contributed by atoms with Crippen LogP contribution < -0.4 is 5.32 Å². The molecule has 0 aliphatic heterocycles. The number of anilines is 1. The second-order valence-electron chi connectivity index (χ2n) is 4.38. The van der Waals surface area contributed by atoms with Gasteiger partial charge in [-0.3, -0.25) is 10.1 Å². The number of hydrogen-bond acceptors (Lipinski definition) is 3. The summed E-state index contributed by atoms with van der Waals surface area (Å²) in [5, 5.41) is 6.65. The molecule has 1 aromatic heterocycles. The first-order chi connectivity index (χ1) is 8.61. The van der Waals surface area contributed by atoms with Crippen LogP contribution >= 0.6 is 0 Å². The van der Waals surface area contributed by atoms with Crippen LogP contribution in [0.4, 0.5) is 5.95 Å². The summed E-state index contributed by atoms with van der Waals surface area (Å²) in [5.74, 6) is 0.462. The molecule has 1 heterocycles. The minimum absolute atomic E-state index is 0.462. The maximum Gasteiger partial charge on any atom is 0.227 e. The van der Waals surface area contributed by atoms with Crippen molar-refractivity contribution in [3.63, 3.8) is 0 Å². The number of benzene rings is 1. The molecular formula is C13H16N4O. The molecule has 2 rings (SSSR count). The molecular weight excluding hydrogens is 228 g/mol. The van der Waals surface area contributed by atoms with Crippen molar-refractivity contribution in [3.8, 4) is 0 Å². The average molecular weight is 244 g/mol. The normalized spacial score (nSPS) is 10.4. The predicted octanol–water partition coefficient (Wildman–Crippen LogP) is 1.82. The Hall–Kier alpha value is -2.17. The largest absolute Gasteiger partial charge is 0.297 e. The maximum atomic E-state index is 10.5. The molecule has 0 unspecified atom stereocenters. The number of amides is 1. The van der Waals surface area contributed by atoms with Crippen LogP contribution in [-0.4, -0.2) is 21.2 Å². The molecule has 0 fully saturated rings. The zero-order valence-corrected chi connectivity index (χ0v) is 10.8. The summed E-state index contributed by atoms with van der Waals surface area (Å²) in [7, 11) is 0. The minimum atomic E-state index is 0.462. The van der Waals surface area contributed by atoms with Crippen molar-refractivity contribution >= 4 is 12.4 Å². The monoisotopic (exact) mass is 244 g/mol. The van der Waals surface area contributed by atoms with Gasteiger partial charge in [0.15, 0.2) is 0 Å². The second-order valence-corrected chi connectivity index (χ2v) is 4.38. The Kier molecular flexibility index (Phi) is 3.41. The quantitative estimate of drug-likeness (QED) is 0.834. The molecule has 0 atom stereocenters. The number of nitrogens with one attached hydrogen (secondary N) is 1. The topological polar surface area (TPSA) is 59.8 Å². The van der Waals surface area contributed by atoms with E-state index in [1.165, 1.54) is 28.6 Å². The van der Waals surface area contributed by atoms with Crippen molar-refractivity contribution in [2.24, 2.45) is 0 Å². The Morgan fingerprint density at radius 3 is 2.56 bits per heavy atom. The first kappa shape index (κ1) is 12.3.